The van der Waals surface area contributed by atoms with Crippen molar-refractivity contribution in [3.63, 3.8) is 0 Å². The standard InChI is InChI=1S/C11H22N2O/c1-8(2)10-4-6-13(7-5-10)9(3)11(12)14/h8-10H,4-7H2,1-3H3,(H2,12,14). The molecule has 14 heavy (non-hydrogen) atoms. The summed E-state index contributed by atoms with van der Waals surface area (Å²) in [5.74, 6) is 1.39. The summed E-state index contributed by atoms with van der Waals surface area (Å²) in [4.78, 5) is 13.2. The van der Waals surface area contributed by atoms with Crippen molar-refractivity contribution in [3.05, 3.63) is 0 Å². The lowest BCUT2D eigenvalue weighted by molar-refractivity contribution is -0.123. The van der Waals surface area contributed by atoms with Crippen LogP contribution in [-0.4, -0.2) is 29.9 Å². The number of primary amides is 1. The van der Waals surface area contributed by atoms with Crippen LogP contribution >= 0.6 is 0 Å². The third-order valence-corrected chi connectivity index (χ3v) is 3.48. The molecule has 0 aromatic heterocycles. The van der Waals surface area contributed by atoms with Gasteiger partial charge in [-0.25, -0.2) is 0 Å². The fourth-order valence-electron chi connectivity index (χ4n) is 2.15. The molecule has 2 N–H and O–H groups in total. The summed E-state index contributed by atoms with van der Waals surface area (Å²) in [7, 11) is 0. The number of hydrogen-bond donors (Lipinski definition) is 1. The van der Waals surface area contributed by atoms with Gasteiger partial charge in [0.1, 0.15) is 0 Å². The number of nitrogens with two attached hydrogens (primary N) is 1. The lowest BCUT2D eigenvalue weighted by Crippen LogP contribution is -2.47. The van der Waals surface area contributed by atoms with Crippen molar-refractivity contribution in [3.8, 4) is 0 Å². The van der Waals surface area contributed by atoms with E-state index in [1.807, 2.05) is 6.92 Å². The first-order chi connectivity index (χ1) is 6.52. The molecule has 1 atom stereocenters. The first-order valence-corrected chi connectivity index (χ1v) is 5.55. The minimum absolute atomic E-state index is 0.0943. The fraction of sp³-hybridized carbons (Fsp3) is 0.909. The summed E-state index contributed by atoms with van der Waals surface area (Å²) >= 11 is 0. The zero-order chi connectivity index (χ0) is 10.7. The molecular formula is C11H22N2O. The van der Waals surface area contributed by atoms with E-state index in [1.165, 1.54) is 12.8 Å². The quantitative estimate of drug-likeness (QED) is 0.741. The van der Waals surface area contributed by atoms with E-state index in [-0.39, 0.29) is 11.9 Å². The number of hydrogen-bond acceptors (Lipinski definition) is 2. The van der Waals surface area contributed by atoms with Gasteiger partial charge in [0.05, 0.1) is 6.04 Å². The van der Waals surface area contributed by atoms with E-state index in [0.717, 1.165) is 24.9 Å². The molecule has 3 heteroatoms. The second-order valence-electron chi connectivity index (χ2n) is 4.70. The van der Waals surface area contributed by atoms with Gasteiger partial charge in [-0.1, -0.05) is 13.8 Å². The Hall–Kier alpha value is -0.570. The number of carbonyl (C=O) groups excluding carboxylic acids is 1. The van der Waals surface area contributed by atoms with Gasteiger partial charge < -0.3 is 5.73 Å². The molecule has 1 heterocycles. The Labute approximate surface area is 86.6 Å². The fourth-order valence-corrected chi connectivity index (χ4v) is 2.15. The Kier molecular flexibility index (Phi) is 3.93. The monoisotopic (exact) mass is 198 g/mol. The first-order valence-electron chi connectivity index (χ1n) is 5.55. The molecule has 0 aliphatic carbocycles. The van der Waals surface area contributed by atoms with E-state index in [4.69, 9.17) is 5.73 Å². The normalized spacial score (nSPS) is 22.6. The zero-order valence-corrected chi connectivity index (χ0v) is 9.49. The summed E-state index contributed by atoms with van der Waals surface area (Å²) in [5.41, 5.74) is 5.28. The predicted molar refractivity (Wildman–Crippen MR) is 57.8 cm³/mol. The summed E-state index contributed by atoms with van der Waals surface area (Å²) < 4.78 is 0. The van der Waals surface area contributed by atoms with E-state index in [0.29, 0.717) is 0 Å². The molecule has 0 radical (unpaired) electrons. The van der Waals surface area contributed by atoms with Gasteiger partial charge in [0, 0.05) is 0 Å². The smallest absolute Gasteiger partial charge is 0.234 e. The first kappa shape index (κ1) is 11.5. The van der Waals surface area contributed by atoms with Crippen LogP contribution in [0.25, 0.3) is 0 Å². The second kappa shape index (κ2) is 4.78. The van der Waals surface area contributed by atoms with Crippen LogP contribution in [-0.2, 0) is 4.79 Å². The van der Waals surface area contributed by atoms with Crippen molar-refractivity contribution in [1.29, 1.82) is 0 Å². The molecule has 1 amide bonds. The molecule has 0 spiro atoms. The van der Waals surface area contributed by atoms with Crippen LogP contribution in [0.5, 0.6) is 0 Å². The molecule has 1 unspecified atom stereocenters. The van der Waals surface area contributed by atoms with E-state index < -0.39 is 0 Å². The van der Waals surface area contributed by atoms with Crippen molar-refractivity contribution in [2.24, 2.45) is 17.6 Å². The van der Waals surface area contributed by atoms with Gasteiger partial charge in [0.25, 0.3) is 0 Å². The van der Waals surface area contributed by atoms with Gasteiger partial charge in [-0.2, -0.15) is 0 Å². The van der Waals surface area contributed by atoms with Crippen molar-refractivity contribution < 1.29 is 4.79 Å². The molecule has 3 nitrogen and oxygen atoms in total. The molecule has 1 fully saturated rings. The minimum atomic E-state index is -0.201. The maximum atomic E-state index is 11.0. The molecule has 0 bridgehead atoms. The molecular weight excluding hydrogens is 176 g/mol. The third kappa shape index (κ3) is 2.71. The maximum Gasteiger partial charge on any atom is 0.234 e. The van der Waals surface area contributed by atoms with Crippen molar-refractivity contribution in [2.45, 2.75) is 39.7 Å². The topological polar surface area (TPSA) is 46.3 Å². The summed E-state index contributed by atoms with van der Waals surface area (Å²) in [6, 6.07) is -0.0943. The molecule has 0 saturated carbocycles. The maximum absolute atomic E-state index is 11.0. The van der Waals surface area contributed by atoms with Gasteiger partial charge in [0.15, 0.2) is 0 Å². The molecule has 0 aromatic carbocycles. The third-order valence-electron chi connectivity index (χ3n) is 3.48. The lowest BCUT2D eigenvalue weighted by Gasteiger charge is -2.36. The van der Waals surface area contributed by atoms with Crippen LogP contribution in [0.15, 0.2) is 0 Å². The predicted octanol–water partition coefficient (Wildman–Crippen LogP) is 1.23. The summed E-state index contributed by atoms with van der Waals surface area (Å²) in [5, 5.41) is 0. The van der Waals surface area contributed by atoms with Crippen molar-refractivity contribution in [1.82, 2.24) is 4.90 Å². The molecule has 1 saturated heterocycles. The Balaban J connectivity index is 2.39. The number of piperidine rings is 1. The molecule has 1 aliphatic rings. The molecule has 0 aromatic rings. The Morgan fingerprint density at radius 2 is 1.79 bits per heavy atom. The highest BCUT2D eigenvalue weighted by molar-refractivity contribution is 5.79. The molecule has 1 aliphatic heterocycles. The zero-order valence-electron chi connectivity index (χ0n) is 9.49. The number of nitrogens with zero attached hydrogens (tertiary/aromatic N) is 1. The van der Waals surface area contributed by atoms with Crippen LogP contribution in [0.3, 0.4) is 0 Å². The van der Waals surface area contributed by atoms with E-state index in [1.54, 1.807) is 0 Å². The molecule has 82 valence electrons. The summed E-state index contributed by atoms with van der Waals surface area (Å²) in [6.45, 7) is 8.49. The molecule has 1 rings (SSSR count). The average molecular weight is 198 g/mol. The van der Waals surface area contributed by atoms with Crippen molar-refractivity contribution >= 4 is 5.91 Å². The van der Waals surface area contributed by atoms with E-state index in [9.17, 15) is 4.79 Å². The average Bonchev–Trinajstić information content (AvgIpc) is 2.16. The Morgan fingerprint density at radius 3 is 2.14 bits per heavy atom. The largest absolute Gasteiger partial charge is 0.368 e. The van der Waals surface area contributed by atoms with Crippen LogP contribution in [0, 0.1) is 11.8 Å². The highest BCUT2D eigenvalue weighted by atomic mass is 16.1. The number of likely N-dealkylation sites (tertiary alicyclic amines) is 1. The van der Waals surface area contributed by atoms with Crippen LogP contribution in [0.4, 0.5) is 0 Å². The highest BCUT2D eigenvalue weighted by Crippen LogP contribution is 2.25. The Morgan fingerprint density at radius 1 is 1.29 bits per heavy atom. The van der Waals surface area contributed by atoms with E-state index in [2.05, 4.69) is 18.7 Å². The number of carbonyl (C=O) groups is 1. The van der Waals surface area contributed by atoms with Crippen LogP contribution in [0.1, 0.15) is 33.6 Å². The number of amides is 1. The van der Waals surface area contributed by atoms with Crippen LogP contribution < -0.4 is 5.73 Å². The van der Waals surface area contributed by atoms with Gasteiger partial charge in [0.2, 0.25) is 5.91 Å². The highest BCUT2D eigenvalue weighted by Gasteiger charge is 2.26. The second-order valence-corrected chi connectivity index (χ2v) is 4.70. The summed E-state index contributed by atoms with van der Waals surface area (Å²) in [6.07, 6.45) is 2.41. The Bertz CT molecular complexity index is 195. The van der Waals surface area contributed by atoms with Gasteiger partial charge in [-0.05, 0) is 44.7 Å². The van der Waals surface area contributed by atoms with Crippen molar-refractivity contribution in [2.75, 3.05) is 13.1 Å². The SMILES string of the molecule is CC(C)C1CCN(C(C)C(N)=O)CC1. The lowest BCUT2D eigenvalue weighted by atomic mass is 9.86. The van der Waals surface area contributed by atoms with Gasteiger partial charge >= 0.3 is 0 Å². The van der Waals surface area contributed by atoms with Gasteiger partial charge in [-0.3, -0.25) is 9.69 Å². The number of rotatable bonds is 3. The van der Waals surface area contributed by atoms with E-state index >= 15 is 0 Å². The minimum Gasteiger partial charge on any atom is -0.368 e. The van der Waals surface area contributed by atoms with Gasteiger partial charge in [-0.15, -0.1) is 0 Å². The van der Waals surface area contributed by atoms with Crippen LogP contribution in [0.2, 0.25) is 0 Å².